The topological polar surface area (TPSA) is 62.2 Å². The van der Waals surface area contributed by atoms with Gasteiger partial charge in [-0.25, -0.2) is 0 Å². The van der Waals surface area contributed by atoms with Crippen molar-refractivity contribution in [3.63, 3.8) is 0 Å². The zero-order chi connectivity index (χ0) is 17.1. The molecule has 6 heteroatoms. The lowest BCUT2D eigenvalue weighted by Crippen LogP contribution is -2.18. The van der Waals surface area contributed by atoms with Crippen LogP contribution in [-0.4, -0.2) is 11.1 Å². The van der Waals surface area contributed by atoms with Gasteiger partial charge in [0.25, 0.3) is 5.91 Å². The predicted molar refractivity (Wildman–Crippen MR) is 98.4 cm³/mol. The van der Waals surface area contributed by atoms with Gasteiger partial charge in [-0.2, -0.15) is 0 Å². The summed E-state index contributed by atoms with van der Waals surface area (Å²) in [5, 5.41) is 10.6. The van der Waals surface area contributed by atoms with Crippen LogP contribution in [0.2, 0.25) is 5.02 Å². The van der Waals surface area contributed by atoms with Crippen LogP contribution in [0.25, 0.3) is 6.08 Å². The Bertz CT molecular complexity index is 849. The first-order valence-electron chi connectivity index (χ1n) is 7.28. The van der Waals surface area contributed by atoms with Gasteiger partial charge >= 0.3 is 0 Å². The summed E-state index contributed by atoms with van der Waals surface area (Å²) in [5.41, 5.74) is 2.95. The minimum absolute atomic E-state index is 0.121. The normalized spacial score (nSPS) is 15.7. The SMILES string of the molecule is Cc1cccc(COc2ccc(Cl)cc2/C=C2\SC(=N)NC2=O)c1. The number of aryl methyl sites for hydroxylation is 1. The lowest BCUT2D eigenvalue weighted by atomic mass is 10.1. The minimum Gasteiger partial charge on any atom is -0.488 e. The second-order valence-electron chi connectivity index (χ2n) is 5.35. The number of amidine groups is 1. The largest absolute Gasteiger partial charge is 0.488 e. The van der Waals surface area contributed by atoms with Crippen LogP contribution in [0.15, 0.2) is 47.4 Å². The van der Waals surface area contributed by atoms with Crippen molar-refractivity contribution >= 4 is 40.5 Å². The molecular formula is C18H15ClN2O2S. The summed E-state index contributed by atoms with van der Waals surface area (Å²) in [5.74, 6) is 0.356. The molecule has 1 aliphatic heterocycles. The Morgan fingerprint density at radius 3 is 2.83 bits per heavy atom. The van der Waals surface area contributed by atoms with Gasteiger partial charge in [0.05, 0.1) is 4.91 Å². The van der Waals surface area contributed by atoms with Gasteiger partial charge < -0.3 is 10.1 Å². The maximum Gasteiger partial charge on any atom is 0.264 e. The smallest absolute Gasteiger partial charge is 0.264 e. The molecule has 2 aromatic carbocycles. The van der Waals surface area contributed by atoms with E-state index >= 15 is 0 Å². The van der Waals surface area contributed by atoms with Crippen LogP contribution in [0.5, 0.6) is 5.75 Å². The summed E-state index contributed by atoms with van der Waals surface area (Å²) in [4.78, 5) is 12.2. The van der Waals surface area contributed by atoms with Gasteiger partial charge in [0, 0.05) is 10.6 Å². The van der Waals surface area contributed by atoms with E-state index in [1.54, 1.807) is 24.3 Å². The highest BCUT2D eigenvalue weighted by molar-refractivity contribution is 8.18. The van der Waals surface area contributed by atoms with Crippen LogP contribution in [0.3, 0.4) is 0 Å². The highest BCUT2D eigenvalue weighted by Gasteiger charge is 2.22. The summed E-state index contributed by atoms with van der Waals surface area (Å²) in [7, 11) is 0. The number of carbonyl (C=O) groups is 1. The maximum absolute atomic E-state index is 11.8. The number of hydrogen-bond acceptors (Lipinski definition) is 4. The molecule has 122 valence electrons. The third-order valence-electron chi connectivity index (χ3n) is 3.40. The van der Waals surface area contributed by atoms with E-state index in [0.29, 0.717) is 27.8 Å². The van der Waals surface area contributed by atoms with Crippen molar-refractivity contribution in [2.24, 2.45) is 0 Å². The lowest BCUT2D eigenvalue weighted by molar-refractivity contribution is -0.115. The van der Waals surface area contributed by atoms with E-state index in [1.165, 1.54) is 5.56 Å². The summed E-state index contributed by atoms with van der Waals surface area (Å²) >= 11 is 7.16. The number of ether oxygens (including phenoxy) is 1. The van der Waals surface area contributed by atoms with Crippen molar-refractivity contribution in [2.45, 2.75) is 13.5 Å². The van der Waals surface area contributed by atoms with E-state index < -0.39 is 0 Å². The van der Waals surface area contributed by atoms with E-state index in [2.05, 4.69) is 11.4 Å². The molecule has 1 fully saturated rings. The summed E-state index contributed by atoms with van der Waals surface area (Å²) in [6.45, 7) is 2.46. The van der Waals surface area contributed by atoms with Gasteiger partial charge in [-0.1, -0.05) is 41.4 Å². The number of rotatable bonds is 4. The number of thioether (sulfide) groups is 1. The van der Waals surface area contributed by atoms with Gasteiger partial charge in [0.15, 0.2) is 5.17 Å². The fourth-order valence-electron chi connectivity index (χ4n) is 2.31. The van der Waals surface area contributed by atoms with E-state index in [9.17, 15) is 4.79 Å². The quantitative estimate of drug-likeness (QED) is 0.798. The van der Waals surface area contributed by atoms with Crippen LogP contribution in [-0.2, 0) is 11.4 Å². The van der Waals surface area contributed by atoms with Crippen LogP contribution in [0.4, 0.5) is 0 Å². The molecule has 3 rings (SSSR count). The Labute approximate surface area is 149 Å². The number of amides is 1. The van der Waals surface area contributed by atoms with Gasteiger partial charge in [-0.3, -0.25) is 10.2 Å². The number of halogens is 1. The maximum atomic E-state index is 11.8. The number of hydrogen-bond donors (Lipinski definition) is 2. The predicted octanol–water partition coefficient (Wildman–Crippen LogP) is 4.37. The molecule has 0 atom stereocenters. The number of carbonyl (C=O) groups excluding carboxylic acids is 1. The van der Waals surface area contributed by atoms with Crippen molar-refractivity contribution in [1.82, 2.24) is 5.32 Å². The fraction of sp³-hybridized carbons (Fsp3) is 0.111. The summed E-state index contributed by atoms with van der Waals surface area (Å²) in [6, 6.07) is 13.4. The lowest BCUT2D eigenvalue weighted by Gasteiger charge is -2.10. The zero-order valence-corrected chi connectivity index (χ0v) is 14.5. The summed E-state index contributed by atoms with van der Waals surface area (Å²) in [6.07, 6.45) is 1.69. The molecule has 0 bridgehead atoms. The Morgan fingerprint density at radius 2 is 2.12 bits per heavy atom. The van der Waals surface area contributed by atoms with Crippen molar-refractivity contribution in [1.29, 1.82) is 5.41 Å². The van der Waals surface area contributed by atoms with E-state index in [-0.39, 0.29) is 11.1 Å². The third-order valence-corrected chi connectivity index (χ3v) is 4.46. The first kappa shape index (κ1) is 16.6. The molecule has 4 nitrogen and oxygen atoms in total. The van der Waals surface area contributed by atoms with Crippen LogP contribution in [0, 0.1) is 12.3 Å². The molecule has 0 saturated carbocycles. The third kappa shape index (κ3) is 3.99. The van der Waals surface area contributed by atoms with Crippen molar-refractivity contribution < 1.29 is 9.53 Å². The first-order valence-corrected chi connectivity index (χ1v) is 8.48. The Kier molecular flexibility index (Phi) is 4.92. The molecule has 0 unspecified atom stereocenters. The van der Waals surface area contributed by atoms with Gasteiger partial charge in [-0.15, -0.1) is 0 Å². The highest BCUT2D eigenvalue weighted by Crippen LogP contribution is 2.31. The van der Waals surface area contributed by atoms with Crippen LogP contribution < -0.4 is 10.1 Å². The highest BCUT2D eigenvalue weighted by atomic mass is 35.5. The van der Waals surface area contributed by atoms with Crippen molar-refractivity contribution in [2.75, 3.05) is 0 Å². The molecule has 0 radical (unpaired) electrons. The van der Waals surface area contributed by atoms with E-state index in [1.807, 2.05) is 25.1 Å². The number of benzene rings is 2. The summed E-state index contributed by atoms with van der Waals surface area (Å²) < 4.78 is 5.91. The van der Waals surface area contributed by atoms with Gasteiger partial charge in [-0.05, 0) is 48.5 Å². The molecule has 0 aromatic heterocycles. The monoisotopic (exact) mass is 358 g/mol. The molecule has 0 aliphatic carbocycles. The molecule has 1 amide bonds. The Balaban J connectivity index is 1.84. The van der Waals surface area contributed by atoms with Crippen molar-refractivity contribution in [3.8, 4) is 5.75 Å². The molecule has 1 heterocycles. The first-order chi connectivity index (χ1) is 11.5. The Morgan fingerprint density at radius 1 is 1.29 bits per heavy atom. The molecular weight excluding hydrogens is 344 g/mol. The second-order valence-corrected chi connectivity index (χ2v) is 6.84. The fourth-order valence-corrected chi connectivity index (χ4v) is 3.18. The van der Waals surface area contributed by atoms with Gasteiger partial charge in [0.2, 0.25) is 0 Å². The standard InChI is InChI=1S/C18H15ClN2O2S/c1-11-3-2-4-12(7-11)10-23-15-6-5-14(19)8-13(15)9-16-17(22)21-18(20)24-16/h2-9H,10H2,1H3,(H2,20,21,22)/b16-9-. The molecule has 1 saturated heterocycles. The molecule has 2 aromatic rings. The van der Waals surface area contributed by atoms with E-state index in [4.69, 9.17) is 21.7 Å². The average molecular weight is 359 g/mol. The second kappa shape index (κ2) is 7.11. The molecule has 24 heavy (non-hydrogen) atoms. The average Bonchev–Trinajstić information content (AvgIpc) is 2.84. The molecule has 0 spiro atoms. The Hall–Kier alpha value is -2.24. The molecule has 1 aliphatic rings. The number of nitrogens with one attached hydrogen (secondary N) is 2. The van der Waals surface area contributed by atoms with E-state index in [0.717, 1.165) is 17.3 Å². The van der Waals surface area contributed by atoms with Crippen molar-refractivity contribution in [3.05, 3.63) is 69.1 Å². The minimum atomic E-state index is -0.283. The van der Waals surface area contributed by atoms with Gasteiger partial charge in [0.1, 0.15) is 12.4 Å². The van der Waals surface area contributed by atoms with Crippen LogP contribution >= 0.6 is 23.4 Å². The molecule has 2 N–H and O–H groups in total. The van der Waals surface area contributed by atoms with Crippen LogP contribution in [0.1, 0.15) is 16.7 Å². The zero-order valence-electron chi connectivity index (χ0n) is 12.9.